The standard InChI is InChI=1S/C10H16ClN3O/c11-1-7-15-8-6-13-4-5-14-3-2-12-10(14)9-13/h2-3H,1,4-9H2. The van der Waals surface area contributed by atoms with Gasteiger partial charge >= 0.3 is 0 Å². The zero-order valence-corrected chi connectivity index (χ0v) is 9.49. The number of imidazole rings is 1. The molecule has 2 rings (SSSR count). The smallest absolute Gasteiger partial charge is 0.122 e. The summed E-state index contributed by atoms with van der Waals surface area (Å²) < 4.78 is 7.56. The Bertz CT molecular complexity index is 303. The van der Waals surface area contributed by atoms with E-state index in [0.717, 1.165) is 38.6 Å². The maximum absolute atomic E-state index is 5.52. The van der Waals surface area contributed by atoms with Gasteiger partial charge in [-0.25, -0.2) is 4.98 Å². The van der Waals surface area contributed by atoms with Gasteiger partial charge in [0.15, 0.2) is 0 Å². The van der Waals surface area contributed by atoms with Crippen molar-refractivity contribution in [2.75, 3.05) is 32.2 Å². The Morgan fingerprint density at radius 3 is 3.20 bits per heavy atom. The molecule has 0 N–H and O–H groups in total. The van der Waals surface area contributed by atoms with Crippen LogP contribution in [0.2, 0.25) is 0 Å². The fourth-order valence-corrected chi connectivity index (χ4v) is 1.87. The summed E-state index contributed by atoms with van der Waals surface area (Å²) in [7, 11) is 0. The highest BCUT2D eigenvalue weighted by Crippen LogP contribution is 2.09. The van der Waals surface area contributed by atoms with Crippen LogP contribution < -0.4 is 0 Å². The second-order valence-electron chi connectivity index (χ2n) is 3.61. The third kappa shape index (κ3) is 2.93. The third-order valence-electron chi connectivity index (χ3n) is 2.60. The Labute approximate surface area is 94.8 Å². The van der Waals surface area contributed by atoms with Crippen molar-refractivity contribution in [3.63, 3.8) is 0 Å². The van der Waals surface area contributed by atoms with Gasteiger partial charge in [-0.1, -0.05) is 0 Å². The van der Waals surface area contributed by atoms with Gasteiger partial charge in [-0.05, 0) is 0 Å². The van der Waals surface area contributed by atoms with E-state index in [0.29, 0.717) is 12.5 Å². The van der Waals surface area contributed by atoms with Crippen molar-refractivity contribution in [1.82, 2.24) is 14.5 Å². The molecule has 0 aromatic carbocycles. The molecule has 0 atom stereocenters. The molecule has 15 heavy (non-hydrogen) atoms. The Hall–Kier alpha value is -0.580. The molecule has 0 fully saturated rings. The van der Waals surface area contributed by atoms with Crippen molar-refractivity contribution in [2.24, 2.45) is 0 Å². The SMILES string of the molecule is ClCCOCCN1CCn2ccnc2C1. The molecule has 0 amide bonds. The normalized spacial score (nSPS) is 16.6. The predicted molar refractivity (Wildman–Crippen MR) is 59.0 cm³/mol. The minimum Gasteiger partial charge on any atom is -0.379 e. The van der Waals surface area contributed by atoms with Crippen LogP contribution >= 0.6 is 11.6 Å². The quantitative estimate of drug-likeness (QED) is 0.557. The maximum atomic E-state index is 5.52. The molecule has 1 aliphatic heterocycles. The lowest BCUT2D eigenvalue weighted by Gasteiger charge is -2.27. The van der Waals surface area contributed by atoms with E-state index in [9.17, 15) is 0 Å². The Morgan fingerprint density at radius 1 is 1.40 bits per heavy atom. The van der Waals surface area contributed by atoms with Crippen LogP contribution in [0.5, 0.6) is 0 Å². The molecular weight excluding hydrogens is 214 g/mol. The molecule has 0 radical (unpaired) electrons. The average molecular weight is 230 g/mol. The topological polar surface area (TPSA) is 30.3 Å². The minimum absolute atomic E-state index is 0.574. The van der Waals surface area contributed by atoms with Gasteiger partial charge in [0.05, 0.1) is 19.8 Å². The summed E-state index contributed by atoms with van der Waals surface area (Å²) in [6.45, 7) is 5.40. The van der Waals surface area contributed by atoms with Crippen LogP contribution in [-0.4, -0.2) is 46.6 Å². The van der Waals surface area contributed by atoms with Crippen LogP contribution in [0.1, 0.15) is 5.82 Å². The van der Waals surface area contributed by atoms with Crippen molar-refractivity contribution >= 4 is 11.6 Å². The van der Waals surface area contributed by atoms with E-state index in [4.69, 9.17) is 16.3 Å². The van der Waals surface area contributed by atoms with Crippen LogP contribution in [0.15, 0.2) is 12.4 Å². The molecule has 1 aromatic heterocycles. The summed E-state index contributed by atoms with van der Waals surface area (Å²) in [5.41, 5.74) is 0. The van der Waals surface area contributed by atoms with Gasteiger partial charge in [0.1, 0.15) is 5.82 Å². The third-order valence-corrected chi connectivity index (χ3v) is 2.75. The van der Waals surface area contributed by atoms with Crippen molar-refractivity contribution < 1.29 is 4.74 Å². The molecule has 0 bridgehead atoms. The molecule has 0 saturated heterocycles. The van der Waals surface area contributed by atoms with E-state index < -0.39 is 0 Å². The summed E-state index contributed by atoms with van der Waals surface area (Å²) in [5, 5.41) is 0. The first-order valence-corrected chi connectivity index (χ1v) is 5.79. The molecule has 0 saturated carbocycles. The number of hydrogen-bond acceptors (Lipinski definition) is 3. The van der Waals surface area contributed by atoms with Gasteiger partial charge in [0.2, 0.25) is 0 Å². The fraction of sp³-hybridized carbons (Fsp3) is 0.700. The second-order valence-corrected chi connectivity index (χ2v) is 3.99. The van der Waals surface area contributed by atoms with E-state index in [2.05, 4.69) is 14.5 Å². The van der Waals surface area contributed by atoms with Crippen molar-refractivity contribution in [3.05, 3.63) is 18.2 Å². The lowest BCUT2D eigenvalue weighted by molar-refractivity contribution is 0.102. The first kappa shape index (κ1) is 10.9. The van der Waals surface area contributed by atoms with Crippen LogP contribution in [0.25, 0.3) is 0 Å². The number of nitrogens with zero attached hydrogens (tertiary/aromatic N) is 3. The van der Waals surface area contributed by atoms with Crippen LogP contribution in [0, 0.1) is 0 Å². The van der Waals surface area contributed by atoms with Gasteiger partial charge in [-0.2, -0.15) is 0 Å². The van der Waals surface area contributed by atoms with Crippen molar-refractivity contribution in [3.8, 4) is 0 Å². The summed E-state index contributed by atoms with van der Waals surface area (Å²) >= 11 is 5.52. The number of ether oxygens (including phenoxy) is 1. The fourth-order valence-electron chi connectivity index (χ4n) is 1.76. The number of halogens is 1. The monoisotopic (exact) mass is 229 g/mol. The number of aromatic nitrogens is 2. The molecule has 1 aliphatic rings. The molecule has 2 heterocycles. The lowest BCUT2D eigenvalue weighted by atomic mass is 10.3. The highest BCUT2D eigenvalue weighted by molar-refractivity contribution is 6.17. The number of hydrogen-bond donors (Lipinski definition) is 0. The molecule has 84 valence electrons. The lowest BCUT2D eigenvalue weighted by Crippen LogP contribution is -2.35. The molecule has 5 heteroatoms. The average Bonchev–Trinajstić information content (AvgIpc) is 2.71. The molecule has 1 aromatic rings. The number of alkyl halides is 1. The summed E-state index contributed by atoms with van der Waals surface area (Å²) in [6.07, 6.45) is 3.90. The van der Waals surface area contributed by atoms with Crippen LogP contribution in [-0.2, 0) is 17.8 Å². The molecular formula is C10H16ClN3O. The second kappa shape index (κ2) is 5.49. The van der Waals surface area contributed by atoms with E-state index in [1.807, 2.05) is 12.4 Å². The molecule has 0 unspecified atom stereocenters. The Morgan fingerprint density at radius 2 is 2.33 bits per heavy atom. The zero-order valence-electron chi connectivity index (χ0n) is 8.73. The number of rotatable bonds is 5. The molecule has 0 aliphatic carbocycles. The highest BCUT2D eigenvalue weighted by atomic mass is 35.5. The van der Waals surface area contributed by atoms with Crippen LogP contribution in [0.4, 0.5) is 0 Å². The molecule has 0 spiro atoms. The van der Waals surface area contributed by atoms with E-state index in [-0.39, 0.29) is 0 Å². The van der Waals surface area contributed by atoms with Crippen LogP contribution in [0.3, 0.4) is 0 Å². The largest absolute Gasteiger partial charge is 0.379 e. The van der Waals surface area contributed by atoms with Gasteiger partial charge in [0.25, 0.3) is 0 Å². The first-order chi connectivity index (χ1) is 7.40. The van der Waals surface area contributed by atoms with Gasteiger partial charge in [-0.15, -0.1) is 11.6 Å². The van der Waals surface area contributed by atoms with Crippen molar-refractivity contribution in [1.29, 1.82) is 0 Å². The van der Waals surface area contributed by atoms with E-state index in [1.54, 1.807) is 0 Å². The molecule has 4 nitrogen and oxygen atoms in total. The predicted octanol–water partition coefficient (Wildman–Crippen LogP) is 0.954. The number of fused-ring (bicyclic) bond motifs is 1. The summed E-state index contributed by atoms with van der Waals surface area (Å²) in [4.78, 5) is 6.67. The van der Waals surface area contributed by atoms with Gasteiger partial charge in [-0.3, -0.25) is 4.90 Å². The Balaban J connectivity index is 1.73. The van der Waals surface area contributed by atoms with Gasteiger partial charge < -0.3 is 9.30 Å². The van der Waals surface area contributed by atoms with E-state index in [1.165, 1.54) is 0 Å². The maximum Gasteiger partial charge on any atom is 0.122 e. The summed E-state index contributed by atoms with van der Waals surface area (Å²) in [6, 6.07) is 0. The van der Waals surface area contributed by atoms with Crippen molar-refractivity contribution in [2.45, 2.75) is 13.1 Å². The zero-order chi connectivity index (χ0) is 10.5. The first-order valence-electron chi connectivity index (χ1n) is 5.26. The Kier molecular flexibility index (Phi) is 4.00. The minimum atomic E-state index is 0.574. The summed E-state index contributed by atoms with van der Waals surface area (Å²) in [5.74, 6) is 1.73. The highest BCUT2D eigenvalue weighted by Gasteiger charge is 2.15. The van der Waals surface area contributed by atoms with Gasteiger partial charge in [0, 0.05) is 37.9 Å². The van der Waals surface area contributed by atoms with E-state index >= 15 is 0 Å².